The molecule has 1 aliphatic heterocycles. The zero-order valence-electron chi connectivity index (χ0n) is 21.2. The maximum atomic E-state index is 13.8. The molecule has 5 rings (SSSR count). The van der Waals surface area contributed by atoms with Gasteiger partial charge in [-0.3, -0.25) is 14.6 Å². The van der Waals surface area contributed by atoms with Crippen molar-refractivity contribution in [2.24, 2.45) is 0 Å². The van der Waals surface area contributed by atoms with Crippen LogP contribution in [0.3, 0.4) is 0 Å². The van der Waals surface area contributed by atoms with E-state index in [1.807, 2.05) is 35.2 Å². The van der Waals surface area contributed by atoms with Gasteiger partial charge in [-0.1, -0.05) is 54.6 Å². The van der Waals surface area contributed by atoms with Crippen LogP contribution in [0.4, 0.5) is 8.78 Å². The minimum Gasteiger partial charge on any atom is -0.455 e. The van der Waals surface area contributed by atoms with Crippen LogP contribution in [0.25, 0.3) is 0 Å². The van der Waals surface area contributed by atoms with Gasteiger partial charge in [0.25, 0.3) is 5.91 Å². The molecule has 5 nitrogen and oxygen atoms in total. The van der Waals surface area contributed by atoms with E-state index in [9.17, 15) is 13.6 Å². The number of carbonyl (C=O) groups excluding carboxylic acids is 1. The van der Waals surface area contributed by atoms with E-state index in [-0.39, 0.29) is 17.5 Å². The van der Waals surface area contributed by atoms with Gasteiger partial charge in [0, 0.05) is 45.8 Å². The second-order valence-corrected chi connectivity index (χ2v) is 9.72. The molecule has 1 saturated heterocycles. The highest BCUT2D eigenvalue weighted by atomic mass is 19.1. The van der Waals surface area contributed by atoms with Crippen molar-refractivity contribution in [2.75, 3.05) is 26.2 Å². The molecule has 1 amide bonds. The average Bonchev–Trinajstić information content (AvgIpc) is 3.39. The van der Waals surface area contributed by atoms with Crippen LogP contribution in [0, 0.1) is 11.6 Å². The second-order valence-electron chi connectivity index (χ2n) is 9.72. The first kappa shape index (κ1) is 25.8. The number of hydrogen-bond donors (Lipinski definition) is 0. The first-order valence-electron chi connectivity index (χ1n) is 12.9. The molecule has 7 heteroatoms. The summed E-state index contributed by atoms with van der Waals surface area (Å²) in [7, 11) is 0. The van der Waals surface area contributed by atoms with E-state index in [1.165, 1.54) is 29.8 Å². The van der Waals surface area contributed by atoms with E-state index in [0.717, 1.165) is 30.8 Å². The minimum atomic E-state index is -0.293. The third-order valence-corrected chi connectivity index (χ3v) is 6.78. The number of halogens is 2. The molecule has 1 fully saturated rings. The molecule has 0 N–H and O–H groups in total. The molecule has 0 atom stereocenters. The number of benzene rings is 3. The van der Waals surface area contributed by atoms with Crippen LogP contribution in [-0.4, -0.2) is 46.8 Å². The summed E-state index contributed by atoms with van der Waals surface area (Å²) in [5.74, 6) is 0.281. The highest BCUT2D eigenvalue weighted by Crippen LogP contribution is 2.19. The lowest BCUT2D eigenvalue weighted by Crippen LogP contribution is -2.48. The molecule has 2 heterocycles. The Bertz CT molecular complexity index is 1330. The molecule has 0 spiro atoms. The predicted octanol–water partition coefficient (Wildman–Crippen LogP) is 5.72. The molecule has 0 radical (unpaired) electrons. The van der Waals surface area contributed by atoms with E-state index in [2.05, 4.69) is 21.9 Å². The van der Waals surface area contributed by atoms with E-state index in [4.69, 9.17) is 4.42 Å². The van der Waals surface area contributed by atoms with Gasteiger partial charge in [0.2, 0.25) is 0 Å². The lowest BCUT2D eigenvalue weighted by atomic mass is 10.1. The fourth-order valence-electron chi connectivity index (χ4n) is 4.81. The van der Waals surface area contributed by atoms with Crippen LogP contribution in [0.15, 0.2) is 95.4 Å². The Hall–Kier alpha value is -3.81. The Morgan fingerprint density at radius 3 is 2.16 bits per heavy atom. The summed E-state index contributed by atoms with van der Waals surface area (Å²) in [6, 6.07) is 26.7. The predicted molar refractivity (Wildman–Crippen MR) is 142 cm³/mol. The van der Waals surface area contributed by atoms with Gasteiger partial charge in [0.05, 0.1) is 6.54 Å². The van der Waals surface area contributed by atoms with Gasteiger partial charge in [-0.25, -0.2) is 8.78 Å². The molecule has 0 saturated carbocycles. The normalized spacial score (nSPS) is 14.2. The van der Waals surface area contributed by atoms with Crippen molar-refractivity contribution in [1.29, 1.82) is 0 Å². The SMILES string of the molecule is O=C(c1ccc(CN(Cc2ccc(F)cc2)Cc2cccc(F)c2)o1)N1CCN(Cc2ccccc2)CC1. The summed E-state index contributed by atoms with van der Waals surface area (Å²) in [6.07, 6.45) is 0. The number of amides is 1. The van der Waals surface area contributed by atoms with Gasteiger partial charge >= 0.3 is 0 Å². The van der Waals surface area contributed by atoms with E-state index in [0.29, 0.717) is 44.2 Å². The Labute approximate surface area is 221 Å². The molecule has 0 bridgehead atoms. The first-order valence-corrected chi connectivity index (χ1v) is 12.9. The van der Waals surface area contributed by atoms with Crippen LogP contribution >= 0.6 is 0 Å². The number of rotatable bonds is 9. The van der Waals surface area contributed by atoms with Crippen molar-refractivity contribution in [3.63, 3.8) is 0 Å². The van der Waals surface area contributed by atoms with Gasteiger partial charge in [-0.05, 0) is 53.1 Å². The van der Waals surface area contributed by atoms with Crippen molar-refractivity contribution in [3.8, 4) is 0 Å². The summed E-state index contributed by atoms with van der Waals surface area (Å²) >= 11 is 0. The Balaban J connectivity index is 1.21. The standard InChI is InChI=1S/C31H31F2N3O2/c32-27-11-9-25(10-12-27)21-35(22-26-7-4-8-28(33)19-26)23-29-13-14-30(38-29)31(37)36-17-15-34(16-18-36)20-24-5-2-1-3-6-24/h1-14,19H,15-18,20-23H2. The molecule has 196 valence electrons. The third kappa shape index (κ3) is 6.94. The molecule has 1 aliphatic rings. The van der Waals surface area contributed by atoms with Gasteiger partial charge < -0.3 is 9.32 Å². The van der Waals surface area contributed by atoms with Crippen LogP contribution in [0.1, 0.15) is 33.0 Å². The summed E-state index contributed by atoms with van der Waals surface area (Å²) < 4.78 is 33.2. The Morgan fingerprint density at radius 1 is 0.711 bits per heavy atom. The number of piperazine rings is 1. The molecule has 38 heavy (non-hydrogen) atoms. The van der Waals surface area contributed by atoms with Crippen molar-refractivity contribution in [2.45, 2.75) is 26.2 Å². The van der Waals surface area contributed by atoms with E-state index < -0.39 is 0 Å². The van der Waals surface area contributed by atoms with E-state index in [1.54, 1.807) is 24.3 Å². The van der Waals surface area contributed by atoms with Crippen molar-refractivity contribution in [1.82, 2.24) is 14.7 Å². The van der Waals surface area contributed by atoms with Crippen molar-refractivity contribution in [3.05, 3.63) is 131 Å². The monoisotopic (exact) mass is 515 g/mol. The zero-order valence-corrected chi connectivity index (χ0v) is 21.2. The summed E-state index contributed by atoms with van der Waals surface area (Å²) in [5.41, 5.74) is 3.02. The fourth-order valence-corrected chi connectivity index (χ4v) is 4.81. The van der Waals surface area contributed by atoms with Crippen LogP contribution in [-0.2, 0) is 26.2 Å². The highest BCUT2D eigenvalue weighted by molar-refractivity contribution is 5.91. The maximum Gasteiger partial charge on any atom is 0.289 e. The highest BCUT2D eigenvalue weighted by Gasteiger charge is 2.24. The molecule has 0 aliphatic carbocycles. The number of carbonyl (C=O) groups is 1. The van der Waals surface area contributed by atoms with Gasteiger partial charge in [-0.2, -0.15) is 0 Å². The number of nitrogens with zero attached hydrogens (tertiary/aromatic N) is 3. The van der Waals surface area contributed by atoms with Crippen LogP contribution < -0.4 is 0 Å². The molecule has 0 unspecified atom stereocenters. The Morgan fingerprint density at radius 2 is 1.42 bits per heavy atom. The number of furan rings is 1. The maximum absolute atomic E-state index is 13.8. The summed E-state index contributed by atoms with van der Waals surface area (Å²) in [4.78, 5) is 19.4. The van der Waals surface area contributed by atoms with Crippen molar-refractivity contribution < 1.29 is 18.0 Å². The lowest BCUT2D eigenvalue weighted by Gasteiger charge is -2.34. The lowest BCUT2D eigenvalue weighted by molar-refractivity contribution is 0.0594. The van der Waals surface area contributed by atoms with E-state index >= 15 is 0 Å². The Kier molecular flexibility index (Phi) is 8.26. The summed E-state index contributed by atoms with van der Waals surface area (Å²) in [5, 5.41) is 0. The molecular formula is C31H31F2N3O2. The van der Waals surface area contributed by atoms with Gasteiger partial charge in [-0.15, -0.1) is 0 Å². The van der Waals surface area contributed by atoms with Gasteiger partial charge in [0.1, 0.15) is 17.4 Å². The topological polar surface area (TPSA) is 39.9 Å². The third-order valence-electron chi connectivity index (χ3n) is 6.78. The zero-order chi connectivity index (χ0) is 26.3. The number of hydrogen-bond acceptors (Lipinski definition) is 4. The summed E-state index contributed by atoms with van der Waals surface area (Å²) in [6.45, 7) is 5.22. The van der Waals surface area contributed by atoms with Crippen LogP contribution in [0.5, 0.6) is 0 Å². The van der Waals surface area contributed by atoms with Crippen molar-refractivity contribution >= 4 is 5.91 Å². The average molecular weight is 516 g/mol. The van der Waals surface area contributed by atoms with Crippen LogP contribution in [0.2, 0.25) is 0 Å². The quantitative estimate of drug-likeness (QED) is 0.286. The largest absolute Gasteiger partial charge is 0.455 e. The smallest absolute Gasteiger partial charge is 0.289 e. The minimum absolute atomic E-state index is 0.106. The fraction of sp³-hybridized carbons (Fsp3) is 0.258. The molecule has 4 aromatic rings. The first-order chi connectivity index (χ1) is 18.5. The second kappa shape index (κ2) is 12.2. The molecule has 1 aromatic heterocycles. The molecule has 3 aromatic carbocycles. The molecular weight excluding hydrogens is 484 g/mol. The van der Waals surface area contributed by atoms with Gasteiger partial charge in [0.15, 0.2) is 5.76 Å².